The SMILES string of the molecule is CC1CCC(c2nc3ccc(CN)cc3[nH]2)O1. The van der Waals surface area contributed by atoms with Gasteiger partial charge in [-0.1, -0.05) is 6.07 Å². The highest BCUT2D eigenvalue weighted by atomic mass is 16.5. The Morgan fingerprint density at radius 2 is 2.35 bits per heavy atom. The molecule has 0 amide bonds. The second kappa shape index (κ2) is 4.13. The van der Waals surface area contributed by atoms with Crippen molar-refractivity contribution >= 4 is 11.0 Å². The predicted molar refractivity (Wildman–Crippen MR) is 66.5 cm³/mol. The molecule has 90 valence electrons. The van der Waals surface area contributed by atoms with Gasteiger partial charge in [0, 0.05) is 6.54 Å². The van der Waals surface area contributed by atoms with Crippen molar-refractivity contribution in [1.82, 2.24) is 9.97 Å². The van der Waals surface area contributed by atoms with Gasteiger partial charge in [-0.2, -0.15) is 0 Å². The normalized spacial score (nSPS) is 24.6. The molecule has 4 nitrogen and oxygen atoms in total. The summed E-state index contributed by atoms with van der Waals surface area (Å²) in [6.45, 7) is 2.66. The maximum atomic E-state index is 5.82. The smallest absolute Gasteiger partial charge is 0.136 e. The first-order valence-electron chi connectivity index (χ1n) is 6.10. The van der Waals surface area contributed by atoms with E-state index in [0.29, 0.717) is 12.6 Å². The Balaban J connectivity index is 1.96. The Labute approximate surface area is 100 Å². The number of H-pyrrole nitrogens is 1. The first-order valence-corrected chi connectivity index (χ1v) is 6.10. The number of benzene rings is 1. The maximum absolute atomic E-state index is 5.82. The molecule has 1 fully saturated rings. The van der Waals surface area contributed by atoms with Crippen LogP contribution in [0.15, 0.2) is 18.2 Å². The van der Waals surface area contributed by atoms with Gasteiger partial charge >= 0.3 is 0 Å². The molecule has 1 aliphatic rings. The molecular formula is C13H17N3O. The monoisotopic (exact) mass is 231 g/mol. The molecule has 2 unspecified atom stereocenters. The lowest BCUT2D eigenvalue weighted by molar-refractivity contribution is 0.0510. The minimum atomic E-state index is 0.124. The van der Waals surface area contributed by atoms with E-state index in [1.807, 2.05) is 12.1 Å². The van der Waals surface area contributed by atoms with E-state index in [0.717, 1.165) is 35.3 Å². The van der Waals surface area contributed by atoms with Crippen LogP contribution in [-0.4, -0.2) is 16.1 Å². The highest BCUT2D eigenvalue weighted by Gasteiger charge is 2.25. The molecular weight excluding hydrogens is 214 g/mol. The van der Waals surface area contributed by atoms with Gasteiger partial charge in [0.2, 0.25) is 0 Å². The molecule has 2 atom stereocenters. The summed E-state index contributed by atoms with van der Waals surface area (Å²) in [6, 6.07) is 6.09. The first kappa shape index (κ1) is 10.7. The molecule has 3 N–H and O–H groups in total. The van der Waals surface area contributed by atoms with Crippen molar-refractivity contribution in [2.45, 2.75) is 38.5 Å². The molecule has 1 aliphatic heterocycles. The summed E-state index contributed by atoms with van der Waals surface area (Å²) >= 11 is 0. The molecule has 17 heavy (non-hydrogen) atoms. The van der Waals surface area contributed by atoms with Gasteiger partial charge in [-0.25, -0.2) is 4.98 Å². The number of aromatic amines is 1. The van der Waals surface area contributed by atoms with Gasteiger partial charge in [0.1, 0.15) is 11.9 Å². The summed E-state index contributed by atoms with van der Waals surface area (Å²) in [5.41, 5.74) is 8.78. The third kappa shape index (κ3) is 1.94. The number of fused-ring (bicyclic) bond motifs is 1. The summed E-state index contributed by atoms with van der Waals surface area (Å²) in [6.07, 6.45) is 2.62. The van der Waals surface area contributed by atoms with Crippen molar-refractivity contribution in [3.63, 3.8) is 0 Å². The molecule has 4 heteroatoms. The molecule has 0 bridgehead atoms. The standard InChI is InChI=1S/C13H17N3O/c1-8-2-5-12(17-8)13-15-10-4-3-9(7-14)6-11(10)16-13/h3-4,6,8,12H,2,5,7,14H2,1H3,(H,15,16). The van der Waals surface area contributed by atoms with E-state index >= 15 is 0 Å². The topological polar surface area (TPSA) is 63.9 Å². The number of aromatic nitrogens is 2. The summed E-state index contributed by atoms with van der Waals surface area (Å²) in [5, 5.41) is 0. The number of rotatable bonds is 2. The molecule has 3 rings (SSSR count). The zero-order valence-electron chi connectivity index (χ0n) is 9.94. The van der Waals surface area contributed by atoms with Crippen LogP contribution in [0.5, 0.6) is 0 Å². The fraction of sp³-hybridized carbons (Fsp3) is 0.462. The van der Waals surface area contributed by atoms with Gasteiger partial charge in [-0.15, -0.1) is 0 Å². The lowest BCUT2D eigenvalue weighted by Crippen LogP contribution is -2.02. The van der Waals surface area contributed by atoms with Crippen LogP contribution in [0.3, 0.4) is 0 Å². The van der Waals surface area contributed by atoms with Crippen LogP contribution in [0.4, 0.5) is 0 Å². The zero-order valence-corrected chi connectivity index (χ0v) is 9.94. The minimum absolute atomic E-state index is 0.124. The third-order valence-corrected chi connectivity index (χ3v) is 3.34. The van der Waals surface area contributed by atoms with Crippen molar-refractivity contribution in [1.29, 1.82) is 0 Å². The van der Waals surface area contributed by atoms with E-state index in [2.05, 4.69) is 23.0 Å². The van der Waals surface area contributed by atoms with Gasteiger partial charge in [-0.05, 0) is 37.5 Å². The molecule has 0 saturated carbocycles. The fourth-order valence-corrected chi connectivity index (χ4v) is 2.36. The summed E-state index contributed by atoms with van der Waals surface area (Å²) < 4.78 is 5.82. The Morgan fingerprint density at radius 3 is 3.06 bits per heavy atom. The van der Waals surface area contributed by atoms with Gasteiger partial charge in [0.15, 0.2) is 0 Å². The van der Waals surface area contributed by atoms with Crippen molar-refractivity contribution in [3.05, 3.63) is 29.6 Å². The van der Waals surface area contributed by atoms with Crippen LogP contribution in [-0.2, 0) is 11.3 Å². The Hall–Kier alpha value is -1.39. The van der Waals surface area contributed by atoms with Crippen LogP contribution >= 0.6 is 0 Å². The van der Waals surface area contributed by atoms with E-state index in [4.69, 9.17) is 10.5 Å². The van der Waals surface area contributed by atoms with Crippen LogP contribution in [0.1, 0.15) is 37.3 Å². The van der Waals surface area contributed by atoms with E-state index < -0.39 is 0 Å². The summed E-state index contributed by atoms with van der Waals surface area (Å²) in [5.74, 6) is 0.943. The molecule has 0 radical (unpaired) electrons. The van der Waals surface area contributed by atoms with Crippen LogP contribution in [0.25, 0.3) is 11.0 Å². The van der Waals surface area contributed by atoms with Crippen LogP contribution in [0, 0.1) is 0 Å². The number of imidazole rings is 1. The quantitative estimate of drug-likeness (QED) is 0.833. The molecule has 2 heterocycles. The summed E-state index contributed by atoms with van der Waals surface area (Å²) in [7, 11) is 0. The Bertz CT molecular complexity index is 534. The lowest BCUT2D eigenvalue weighted by Gasteiger charge is -2.06. The van der Waals surface area contributed by atoms with Crippen molar-refractivity contribution in [2.24, 2.45) is 5.73 Å². The second-order valence-corrected chi connectivity index (χ2v) is 4.69. The molecule has 1 aromatic heterocycles. The average molecular weight is 231 g/mol. The summed E-state index contributed by atoms with van der Waals surface area (Å²) in [4.78, 5) is 7.92. The molecule has 1 aromatic carbocycles. The number of nitrogens with zero attached hydrogens (tertiary/aromatic N) is 1. The molecule has 0 spiro atoms. The Morgan fingerprint density at radius 1 is 1.47 bits per heavy atom. The second-order valence-electron chi connectivity index (χ2n) is 4.69. The predicted octanol–water partition coefficient (Wildman–Crippen LogP) is 2.26. The number of hydrogen-bond acceptors (Lipinski definition) is 3. The van der Waals surface area contributed by atoms with Gasteiger partial charge in [-0.3, -0.25) is 0 Å². The lowest BCUT2D eigenvalue weighted by atomic mass is 10.2. The Kier molecular flexibility index (Phi) is 2.61. The van der Waals surface area contributed by atoms with Gasteiger partial charge in [0.05, 0.1) is 17.1 Å². The molecule has 2 aromatic rings. The maximum Gasteiger partial charge on any atom is 0.136 e. The zero-order chi connectivity index (χ0) is 11.8. The van der Waals surface area contributed by atoms with Crippen molar-refractivity contribution in [3.8, 4) is 0 Å². The number of ether oxygens (including phenoxy) is 1. The molecule has 0 aliphatic carbocycles. The number of nitrogens with one attached hydrogen (secondary N) is 1. The van der Waals surface area contributed by atoms with Gasteiger partial charge < -0.3 is 15.5 Å². The van der Waals surface area contributed by atoms with E-state index in [1.165, 1.54) is 0 Å². The first-order chi connectivity index (χ1) is 8.26. The highest BCUT2D eigenvalue weighted by molar-refractivity contribution is 5.75. The van der Waals surface area contributed by atoms with Crippen LogP contribution < -0.4 is 5.73 Å². The molecule has 1 saturated heterocycles. The van der Waals surface area contributed by atoms with Crippen molar-refractivity contribution < 1.29 is 4.74 Å². The largest absolute Gasteiger partial charge is 0.367 e. The van der Waals surface area contributed by atoms with Gasteiger partial charge in [0.25, 0.3) is 0 Å². The van der Waals surface area contributed by atoms with E-state index in [1.54, 1.807) is 0 Å². The highest BCUT2D eigenvalue weighted by Crippen LogP contribution is 2.31. The van der Waals surface area contributed by atoms with E-state index in [-0.39, 0.29) is 6.10 Å². The fourth-order valence-electron chi connectivity index (χ4n) is 2.36. The average Bonchev–Trinajstić information content (AvgIpc) is 2.93. The van der Waals surface area contributed by atoms with Crippen LogP contribution in [0.2, 0.25) is 0 Å². The third-order valence-electron chi connectivity index (χ3n) is 3.34. The van der Waals surface area contributed by atoms with E-state index in [9.17, 15) is 0 Å². The number of nitrogens with two attached hydrogens (primary N) is 1. The van der Waals surface area contributed by atoms with Crippen molar-refractivity contribution in [2.75, 3.05) is 0 Å². The number of hydrogen-bond donors (Lipinski definition) is 2. The minimum Gasteiger partial charge on any atom is -0.367 e.